The van der Waals surface area contributed by atoms with Gasteiger partial charge in [0.1, 0.15) is 0 Å². The Morgan fingerprint density at radius 3 is 2.89 bits per heavy atom. The van der Waals surface area contributed by atoms with Crippen molar-refractivity contribution >= 4 is 0 Å². The van der Waals surface area contributed by atoms with Gasteiger partial charge in [0.05, 0.1) is 6.10 Å². The number of rotatable bonds is 2. The quantitative estimate of drug-likeness (QED) is 0.563. The van der Waals surface area contributed by atoms with Crippen LogP contribution in [0, 0.1) is 0 Å². The molecule has 2 nitrogen and oxygen atoms in total. The molecule has 0 unspecified atom stereocenters. The lowest BCUT2D eigenvalue weighted by molar-refractivity contribution is -0.0888. The standard InChI is InChI=1S/C7H12O2/c1-2-3-6-4-5-7(8)9-6/h2,6-8H,1,3-5H2/t6-,7+/m1/s1. The Bertz CT molecular complexity index is 101. The third-order valence-corrected chi connectivity index (χ3v) is 1.51. The Labute approximate surface area is 55.1 Å². The van der Waals surface area contributed by atoms with E-state index in [2.05, 4.69) is 6.58 Å². The van der Waals surface area contributed by atoms with Crippen LogP contribution >= 0.6 is 0 Å². The summed E-state index contributed by atoms with van der Waals surface area (Å²) in [6.07, 6.45) is 4.12. The fraction of sp³-hybridized carbons (Fsp3) is 0.714. The van der Waals surface area contributed by atoms with E-state index in [0.29, 0.717) is 0 Å². The van der Waals surface area contributed by atoms with Crippen LogP contribution in [-0.4, -0.2) is 17.5 Å². The second-order valence-electron chi connectivity index (χ2n) is 2.31. The number of ether oxygens (including phenoxy) is 1. The first kappa shape index (κ1) is 6.78. The molecular formula is C7H12O2. The summed E-state index contributed by atoms with van der Waals surface area (Å²) in [5, 5.41) is 8.87. The van der Waals surface area contributed by atoms with Gasteiger partial charge in [0.15, 0.2) is 6.29 Å². The first-order valence-electron chi connectivity index (χ1n) is 3.27. The maximum atomic E-state index is 8.87. The molecule has 2 atom stereocenters. The van der Waals surface area contributed by atoms with Crippen LogP contribution in [0.5, 0.6) is 0 Å². The molecule has 1 rings (SSSR count). The Balaban J connectivity index is 2.21. The van der Waals surface area contributed by atoms with Gasteiger partial charge in [-0.3, -0.25) is 0 Å². The van der Waals surface area contributed by atoms with Crippen LogP contribution in [-0.2, 0) is 4.74 Å². The van der Waals surface area contributed by atoms with Crippen molar-refractivity contribution < 1.29 is 9.84 Å². The molecule has 0 saturated carbocycles. The van der Waals surface area contributed by atoms with Crippen molar-refractivity contribution in [3.8, 4) is 0 Å². The summed E-state index contributed by atoms with van der Waals surface area (Å²) in [5.41, 5.74) is 0. The molecule has 0 aromatic rings. The predicted molar refractivity (Wildman–Crippen MR) is 34.9 cm³/mol. The van der Waals surface area contributed by atoms with Crippen LogP contribution in [0.1, 0.15) is 19.3 Å². The van der Waals surface area contributed by atoms with Crippen molar-refractivity contribution in [1.29, 1.82) is 0 Å². The van der Waals surface area contributed by atoms with E-state index < -0.39 is 6.29 Å². The summed E-state index contributed by atoms with van der Waals surface area (Å²) in [6.45, 7) is 3.59. The van der Waals surface area contributed by atoms with Gasteiger partial charge in [0.25, 0.3) is 0 Å². The molecule has 1 fully saturated rings. The lowest BCUT2D eigenvalue weighted by Gasteiger charge is -2.05. The minimum Gasteiger partial charge on any atom is -0.368 e. The molecule has 1 aliphatic heterocycles. The number of hydrogen-bond donors (Lipinski definition) is 1. The van der Waals surface area contributed by atoms with Gasteiger partial charge in [-0.1, -0.05) is 6.08 Å². The van der Waals surface area contributed by atoms with Gasteiger partial charge in [0, 0.05) is 6.42 Å². The van der Waals surface area contributed by atoms with Gasteiger partial charge in [-0.15, -0.1) is 6.58 Å². The molecule has 1 saturated heterocycles. The van der Waals surface area contributed by atoms with E-state index in [-0.39, 0.29) is 6.10 Å². The maximum Gasteiger partial charge on any atom is 0.155 e. The second-order valence-corrected chi connectivity index (χ2v) is 2.31. The molecular weight excluding hydrogens is 116 g/mol. The summed E-state index contributed by atoms with van der Waals surface area (Å²) < 4.78 is 5.09. The molecule has 0 aromatic heterocycles. The summed E-state index contributed by atoms with van der Waals surface area (Å²) in [4.78, 5) is 0. The highest BCUT2D eigenvalue weighted by Crippen LogP contribution is 2.19. The average molecular weight is 128 g/mol. The van der Waals surface area contributed by atoms with Gasteiger partial charge in [-0.2, -0.15) is 0 Å². The first-order chi connectivity index (χ1) is 4.33. The summed E-state index contributed by atoms with van der Waals surface area (Å²) in [5.74, 6) is 0. The van der Waals surface area contributed by atoms with E-state index in [0.717, 1.165) is 19.3 Å². The number of aliphatic hydroxyl groups excluding tert-OH is 1. The smallest absolute Gasteiger partial charge is 0.155 e. The van der Waals surface area contributed by atoms with Gasteiger partial charge in [-0.05, 0) is 12.8 Å². The third kappa shape index (κ3) is 1.80. The van der Waals surface area contributed by atoms with E-state index in [9.17, 15) is 0 Å². The minimum absolute atomic E-state index is 0.220. The van der Waals surface area contributed by atoms with Crippen molar-refractivity contribution in [3.05, 3.63) is 12.7 Å². The summed E-state index contributed by atoms with van der Waals surface area (Å²) >= 11 is 0. The molecule has 1 N–H and O–H groups in total. The Hall–Kier alpha value is -0.340. The summed E-state index contributed by atoms with van der Waals surface area (Å²) in [7, 11) is 0. The fourth-order valence-corrected chi connectivity index (χ4v) is 1.05. The van der Waals surface area contributed by atoms with Crippen LogP contribution in [0.4, 0.5) is 0 Å². The highest BCUT2D eigenvalue weighted by Gasteiger charge is 2.21. The van der Waals surface area contributed by atoms with E-state index >= 15 is 0 Å². The molecule has 9 heavy (non-hydrogen) atoms. The Kier molecular flexibility index (Phi) is 2.25. The van der Waals surface area contributed by atoms with Gasteiger partial charge in [-0.25, -0.2) is 0 Å². The van der Waals surface area contributed by atoms with Gasteiger partial charge >= 0.3 is 0 Å². The Morgan fingerprint density at radius 1 is 1.67 bits per heavy atom. The molecule has 0 amide bonds. The Morgan fingerprint density at radius 2 is 2.44 bits per heavy atom. The molecule has 0 aromatic carbocycles. The zero-order valence-electron chi connectivity index (χ0n) is 5.42. The molecule has 1 heterocycles. The predicted octanol–water partition coefficient (Wildman–Crippen LogP) is 1.06. The van der Waals surface area contributed by atoms with Crippen LogP contribution < -0.4 is 0 Å². The first-order valence-corrected chi connectivity index (χ1v) is 3.27. The molecule has 0 bridgehead atoms. The second kappa shape index (κ2) is 2.99. The minimum atomic E-state index is -0.519. The highest BCUT2D eigenvalue weighted by atomic mass is 16.6. The van der Waals surface area contributed by atoms with Gasteiger partial charge < -0.3 is 9.84 Å². The lowest BCUT2D eigenvalue weighted by Crippen LogP contribution is -2.08. The lowest BCUT2D eigenvalue weighted by atomic mass is 10.2. The molecule has 52 valence electrons. The zero-order valence-corrected chi connectivity index (χ0v) is 5.42. The summed E-state index contributed by atoms with van der Waals surface area (Å²) in [6, 6.07) is 0. The average Bonchev–Trinajstić information content (AvgIpc) is 2.17. The molecule has 0 radical (unpaired) electrons. The van der Waals surface area contributed by atoms with E-state index in [1.54, 1.807) is 0 Å². The normalized spacial score (nSPS) is 34.8. The zero-order chi connectivity index (χ0) is 6.69. The number of hydrogen-bond acceptors (Lipinski definition) is 2. The largest absolute Gasteiger partial charge is 0.368 e. The van der Waals surface area contributed by atoms with Crippen molar-refractivity contribution in [2.45, 2.75) is 31.7 Å². The molecule has 0 aliphatic carbocycles. The van der Waals surface area contributed by atoms with Crippen molar-refractivity contribution in [3.63, 3.8) is 0 Å². The van der Waals surface area contributed by atoms with Crippen LogP contribution in [0.3, 0.4) is 0 Å². The van der Waals surface area contributed by atoms with E-state index in [4.69, 9.17) is 9.84 Å². The van der Waals surface area contributed by atoms with Crippen molar-refractivity contribution in [2.24, 2.45) is 0 Å². The van der Waals surface area contributed by atoms with E-state index in [1.165, 1.54) is 0 Å². The van der Waals surface area contributed by atoms with Crippen LogP contribution in [0.15, 0.2) is 12.7 Å². The maximum absolute atomic E-state index is 8.87. The molecule has 0 spiro atoms. The SMILES string of the molecule is C=CC[C@@H]1CC[C@@H](O)O1. The van der Waals surface area contributed by atoms with E-state index in [1.807, 2.05) is 6.08 Å². The number of aliphatic hydroxyl groups is 1. The third-order valence-electron chi connectivity index (χ3n) is 1.51. The molecule has 1 aliphatic rings. The topological polar surface area (TPSA) is 29.5 Å². The van der Waals surface area contributed by atoms with Gasteiger partial charge in [0.2, 0.25) is 0 Å². The van der Waals surface area contributed by atoms with Crippen LogP contribution in [0.25, 0.3) is 0 Å². The van der Waals surface area contributed by atoms with Crippen molar-refractivity contribution in [2.75, 3.05) is 0 Å². The fourth-order valence-electron chi connectivity index (χ4n) is 1.05. The monoisotopic (exact) mass is 128 g/mol. The highest BCUT2D eigenvalue weighted by molar-refractivity contribution is 4.77. The van der Waals surface area contributed by atoms with Crippen molar-refractivity contribution in [1.82, 2.24) is 0 Å². The molecule has 2 heteroatoms. The van der Waals surface area contributed by atoms with Crippen LogP contribution in [0.2, 0.25) is 0 Å².